The minimum atomic E-state index is -0.935. The first-order chi connectivity index (χ1) is 14.7. The van der Waals surface area contributed by atoms with Crippen LogP contribution in [0.3, 0.4) is 0 Å². The van der Waals surface area contributed by atoms with Gasteiger partial charge >= 0.3 is 31.4 Å². The molecule has 2 atom stereocenters. The fourth-order valence-electron chi connectivity index (χ4n) is 1.88. The van der Waals surface area contributed by atoms with Gasteiger partial charge in [-0.2, -0.15) is 0 Å². The summed E-state index contributed by atoms with van der Waals surface area (Å²) >= 11 is 0. The summed E-state index contributed by atoms with van der Waals surface area (Å²) in [5.74, 6) is -4.10. The minimum Gasteiger partial charge on any atom is -0.550 e. The molecule has 0 aliphatic carbocycles. The Bertz CT molecular complexity index is 499. The van der Waals surface area contributed by atoms with Crippen molar-refractivity contribution in [3.63, 3.8) is 0 Å². The van der Waals surface area contributed by atoms with Gasteiger partial charge in [-0.1, -0.05) is 66.5 Å². The molecule has 9 heteroatoms. The number of unbranched alkanes of at least 4 members (excludes halogenated alkanes) is 2. The summed E-state index contributed by atoms with van der Waals surface area (Å²) in [6.45, 7) is 17.1. The Labute approximate surface area is 211 Å². The zero-order valence-corrected chi connectivity index (χ0v) is 24.2. The van der Waals surface area contributed by atoms with Gasteiger partial charge in [-0.25, -0.2) is 9.59 Å². The Morgan fingerprint density at radius 2 is 0.909 bits per heavy atom. The van der Waals surface area contributed by atoms with Gasteiger partial charge in [0.2, 0.25) is 0 Å². The molecule has 0 bridgehead atoms. The smallest absolute Gasteiger partial charge is 0.550 e. The van der Waals surface area contributed by atoms with Gasteiger partial charge in [0.05, 0.1) is 0 Å². The zero-order chi connectivity index (χ0) is 26.3. The molecule has 2 N–H and O–H groups in total. The van der Waals surface area contributed by atoms with Crippen molar-refractivity contribution >= 4 is 23.9 Å². The van der Waals surface area contributed by atoms with E-state index in [2.05, 4.69) is 27.0 Å². The van der Waals surface area contributed by atoms with Crippen LogP contribution in [0.4, 0.5) is 0 Å². The molecule has 0 spiro atoms. The Morgan fingerprint density at radius 3 is 1.00 bits per heavy atom. The third-order valence-electron chi connectivity index (χ3n) is 4.19. The molecule has 33 heavy (non-hydrogen) atoms. The van der Waals surface area contributed by atoms with Gasteiger partial charge in [-0.15, -0.1) is 0 Å². The van der Waals surface area contributed by atoms with E-state index >= 15 is 0 Å². The van der Waals surface area contributed by atoms with E-state index in [0.717, 1.165) is 38.5 Å². The molecule has 0 fully saturated rings. The molecule has 188 valence electrons. The summed E-state index contributed by atoms with van der Waals surface area (Å²) in [6, 6.07) is 0. The largest absolute Gasteiger partial charge is 2.00 e. The molecule has 0 aromatic rings. The van der Waals surface area contributed by atoms with Crippen LogP contribution in [-0.2, 0) is 38.7 Å². The molecular formula is C24H42O8Zn. The topological polar surface area (TPSA) is 155 Å². The van der Waals surface area contributed by atoms with Crippen molar-refractivity contribution in [2.24, 2.45) is 11.8 Å². The van der Waals surface area contributed by atoms with Crippen molar-refractivity contribution < 1.29 is 59.1 Å². The molecule has 8 nitrogen and oxygen atoms in total. The third kappa shape index (κ3) is 34.8. The molecule has 0 saturated heterocycles. The van der Waals surface area contributed by atoms with Crippen LogP contribution in [0.2, 0.25) is 0 Å². The quantitative estimate of drug-likeness (QED) is 0.292. The summed E-state index contributed by atoms with van der Waals surface area (Å²) in [6.07, 6.45) is 7.04. The third-order valence-corrected chi connectivity index (χ3v) is 4.19. The molecule has 0 aromatic heterocycles. The maximum absolute atomic E-state index is 10.3. The van der Waals surface area contributed by atoms with Gasteiger partial charge in [-0.3, -0.25) is 0 Å². The number of rotatable bonds is 12. The van der Waals surface area contributed by atoms with Crippen molar-refractivity contribution in [1.29, 1.82) is 0 Å². The SMILES string of the molecule is C=C(C)C(=O)O.C=C(C)C(=O)O.CCCCC(CC)C(=O)[O-].CCCCC(CC)C(=O)[O-].[Zn+2]. The normalized spacial score (nSPS) is 10.6. The van der Waals surface area contributed by atoms with Crippen LogP contribution in [0.15, 0.2) is 24.3 Å². The van der Waals surface area contributed by atoms with Crippen LogP contribution >= 0.6 is 0 Å². The van der Waals surface area contributed by atoms with E-state index in [4.69, 9.17) is 10.2 Å². The summed E-state index contributed by atoms with van der Waals surface area (Å²) in [4.78, 5) is 39.8. The van der Waals surface area contributed by atoms with Gasteiger partial charge in [0.15, 0.2) is 0 Å². The maximum atomic E-state index is 10.3. The number of carboxylic acid groups (broad SMARTS) is 4. The average molecular weight is 524 g/mol. The summed E-state index contributed by atoms with van der Waals surface area (Å²) in [7, 11) is 0. The van der Waals surface area contributed by atoms with E-state index in [9.17, 15) is 29.4 Å². The van der Waals surface area contributed by atoms with Crippen molar-refractivity contribution in [3.05, 3.63) is 24.3 Å². The number of carbonyl (C=O) groups excluding carboxylic acids is 2. The Kier molecular flexibility index (Phi) is 35.0. The summed E-state index contributed by atoms with van der Waals surface area (Å²) in [5, 5.41) is 36.4. The fourth-order valence-corrected chi connectivity index (χ4v) is 1.88. The predicted octanol–water partition coefficient (Wildman–Crippen LogP) is 3.20. The van der Waals surface area contributed by atoms with E-state index in [1.54, 1.807) is 0 Å². The average Bonchev–Trinajstić information content (AvgIpc) is 2.70. The van der Waals surface area contributed by atoms with Crippen molar-refractivity contribution in [2.45, 2.75) is 92.9 Å². The van der Waals surface area contributed by atoms with Gasteiger partial charge in [0.1, 0.15) is 0 Å². The summed E-state index contributed by atoms with van der Waals surface area (Å²) in [5.41, 5.74) is 0.352. The van der Waals surface area contributed by atoms with Crippen LogP contribution in [0, 0.1) is 11.8 Å². The van der Waals surface area contributed by atoms with Gasteiger partial charge in [0.25, 0.3) is 0 Å². The van der Waals surface area contributed by atoms with E-state index in [1.807, 2.05) is 13.8 Å². The van der Waals surface area contributed by atoms with Crippen molar-refractivity contribution in [1.82, 2.24) is 0 Å². The molecular weight excluding hydrogens is 482 g/mol. The van der Waals surface area contributed by atoms with Crippen LogP contribution in [0.1, 0.15) is 92.9 Å². The molecule has 0 aliphatic rings. The fraction of sp³-hybridized carbons (Fsp3) is 0.667. The van der Waals surface area contributed by atoms with Crippen LogP contribution in [0.25, 0.3) is 0 Å². The maximum Gasteiger partial charge on any atom is 2.00 e. The van der Waals surface area contributed by atoms with E-state index in [-0.39, 0.29) is 42.5 Å². The second-order valence-corrected chi connectivity index (χ2v) is 7.30. The number of hydrogen-bond donors (Lipinski definition) is 2. The standard InChI is InChI=1S/2C8H16O2.2C4H6O2.Zn/c2*1-3-5-6-7(4-2)8(9)10;2*1-3(2)4(5)6;/h2*7H,3-6H2,1-2H3,(H,9,10);2*1H2,2H3,(H,5,6);/q;;;;+2/p-2. The molecule has 0 heterocycles. The van der Waals surface area contributed by atoms with Gasteiger partial charge in [0, 0.05) is 23.1 Å². The van der Waals surface area contributed by atoms with Crippen molar-refractivity contribution in [3.8, 4) is 0 Å². The number of carboxylic acids is 4. The Hall–Kier alpha value is -2.02. The molecule has 0 aliphatic heterocycles. The Morgan fingerprint density at radius 1 is 0.697 bits per heavy atom. The van der Waals surface area contributed by atoms with E-state index in [1.165, 1.54) is 13.8 Å². The molecule has 0 radical (unpaired) electrons. The van der Waals surface area contributed by atoms with E-state index < -0.39 is 23.9 Å². The summed E-state index contributed by atoms with van der Waals surface area (Å²) < 4.78 is 0. The molecule has 0 aromatic carbocycles. The molecule has 0 rings (SSSR count). The first-order valence-corrected chi connectivity index (χ1v) is 10.9. The van der Waals surface area contributed by atoms with Gasteiger partial charge < -0.3 is 30.0 Å². The van der Waals surface area contributed by atoms with Gasteiger partial charge in [-0.05, 0) is 51.4 Å². The second-order valence-electron chi connectivity index (χ2n) is 7.30. The zero-order valence-electron chi connectivity index (χ0n) is 21.3. The molecule has 2 unspecified atom stereocenters. The second kappa shape index (κ2) is 28.0. The first kappa shape index (κ1) is 41.3. The minimum absolute atomic E-state index is 0. The van der Waals surface area contributed by atoms with Crippen LogP contribution in [0.5, 0.6) is 0 Å². The first-order valence-electron chi connectivity index (χ1n) is 10.9. The monoisotopic (exact) mass is 522 g/mol. The van der Waals surface area contributed by atoms with E-state index in [0.29, 0.717) is 12.8 Å². The van der Waals surface area contributed by atoms with Crippen LogP contribution < -0.4 is 10.2 Å². The van der Waals surface area contributed by atoms with Crippen molar-refractivity contribution in [2.75, 3.05) is 0 Å². The number of hydrogen-bond acceptors (Lipinski definition) is 6. The number of carbonyl (C=O) groups is 4. The van der Waals surface area contributed by atoms with Crippen LogP contribution in [-0.4, -0.2) is 34.1 Å². The Balaban J connectivity index is -0.000000108. The number of aliphatic carboxylic acids is 4. The molecule has 0 saturated carbocycles. The molecule has 0 amide bonds. The predicted molar refractivity (Wildman–Crippen MR) is 122 cm³/mol.